The Hall–Kier alpha value is -3.25. The molecule has 1 saturated heterocycles. The van der Waals surface area contributed by atoms with E-state index < -0.39 is 27.2 Å². The van der Waals surface area contributed by atoms with Crippen LogP contribution in [-0.2, 0) is 25.3 Å². The summed E-state index contributed by atoms with van der Waals surface area (Å²) in [5.74, 6) is 0. The van der Waals surface area contributed by atoms with Crippen molar-refractivity contribution < 1.29 is 12.6 Å². The molecule has 1 atom stereocenters. The van der Waals surface area contributed by atoms with Gasteiger partial charge in [0.05, 0.1) is 17.9 Å². The molecule has 0 aromatic heterocycles. The van der Waals surface area contributed by atoms with Crippen molar-refractivity contribution >= 4 is 10.1 Å². The molecule has 4 aromatic rings. The molecular weight excluding hydrogens is 502 g/mol. The predicted octanol–water partition coefficient (Wildman–Crippen LogP) is 6.69. The van der Waals surface area contributed by atoms with E-state index in [1.807, 2.05) is 6.92 Å². The number of rotatable bonds is 8. The summed E-state index contributed by atoms with van der Waals surface area (Å²) in [6.45, 7) is 5.53. The van der Waals surface area contributed by atoms with Crippen LogP contribution in [0.15, 0.2) is 115 Å². The minimum absolute atomic E-state index is 0.429. The van der Waals surface area contributed by atoms with Crippen LogP contribution in [-0.4, -0.2) is 38.8 Å². The van der Waals surface area contributed by atoms with Crippen molar-refractivity contribution in [2.45, 2.75) is 43.7 Å². The van der Waals surface area contributed by atoms with Gasteiger partial charge >= 0.3 is 0 Å². The molecule has 1 heterocycles. The molecule has 0 aliphatic carbocycles. The number of likely N-dealkylation sites (tertiary alicyclic amines) is 1. The number of benzene rings is 4. The first-order valence-electron chi connectivity index (χ1n) is 13.6. The largest absolute Gasteiger partial charge is 0.286 e. The standard InChI is InChI=1S/C34H37NO3S/c1-27-14-13-21-32(26-27)33(28(2)38-39(3,36)37)22-24-35(25-23-33)34(29-15-7-4-8-16-29,30-17-9-5-10-18-30)31-19-11-6-12-20-31/h4-21,26,28H,22-25H2,1-3H3. The Labute approximate surface area is 233 Å². The van der Waals surface area contributed by atoms with Crippen LogP contribution >= 0.6 is 0 Å². The average Bonchev–Trinajstić information content (AvgIpc) is 2.95. The topological polar surface area (TPSA) is 46.6 Å². The van der Waals surface area contributed by atoms with E-state index in [1.165, 1.54) is 16.7 Å². The summed E-state index contributed by atoms with van der Waals surface area (Å²) in [5, 5.41) is 0. The first kappa shape index (κ1) is 27.3. The van der Waals surface area contributed by atoms with E-state index in [0.29, 0.717) is 0 Å². The van der Waals surface area contributed by atoms with E-state index >= 15 is 0 Å². The lowest BCUT2D eigenvalue weighted by molar-refractivity contribution is 0.0322. The fraction of sp³-hybridized carbons (Fsp3) is 0.294. The minimum atomic E-state index is -3.61. The fourth-order valence-corrected chi connectivity index (χ4v) is 7.27. The first-order valence-corrected chi connectivity index (χ1v) is 15.4. The summed E-state index contributed by atoms with van der Waals surface area (Å²) in [7, 11) is -3.61. The molecule has 1 aliphatic heterocycles. The SMILES string of the molecule is Cc1cccc(C2(C(C)OS(C)(=O)=O)CCN(C(c3ccccc3)(c3ccccc3)c3ccccc3)CC2)c1. The normalized spacial score (nSPS) is 17.0. The predicted molar refractivity (Wildman–Crippen MR) is 158 cm³/mol. The number of hydrogen-bond donors (Lipinski definition) is 0. The van der Waals surface area contributed by atoms with E-state index in [-0.39, 0.29) is 0 Å². The van der Waals surface area contributed by atoms with Crippen molar-refractivity contribution in [3.8, 4) is 0 Å². The molecule has 0 spiro atoms. The second-order valence-corrected chi connectivity index (χ2v) is 12.4. The monoisotopic (exact) mass is 539 g/mol. The zero-order chi connectivity index (χ0) is 27.5. The maximum atomic E-state index is 12.3. The van der Waals surface area contributed by atoms with Crippen molar-refractivity contribution in [1.82, 2.24) is 4.90 Å². The van der Waals surface area contributed by atoms with Gasteiger partial charge in [-0.1, -0.05) is 121 Å². The van der Waals surface area contributed by atoms with Gasteiger partial charge in [0.15, 0.2) is 0 Å². The maximum Gasteiger partial charge on any atom is 0.264 e. The van der Waals surface area contributed by atoms with Crippen LogP contribution in [0.4, 0.5) is 0 Å². The van der Waals surface area contributed by atoms with E-state index in [9.17, 15) is 8.42 Å². The molecule has 0 bridgehead atoms. The van der Waals surface area contributed by atoms with Gasteiger partial charge in [-0.05, 0) is 48.9 Å². The van der Waals surface area contributed by atoms with E-state index in [0.717, 1.165) is 43.3 Å². The molecule has 4 nitrogen and oxygen atoms in total. The highest BCUT2D eigenvalue weighted by molar-refractivity contribution is 7.86. The van der Waals surface area contributed by atoms with E-state index in [2.05, 4.69) is 127 Å². The van der Waals surface area contributed by atoms with Crippen molar-refractivity contribution in [1.29, 1.82) is 0 Å². The average molecular weight is 540 g/mol. The zero-order valence-corrected chi connectivity index (χ0v) is 23.8. The third kappa shape index (κ3) is 5.31. The molecule has 1 aliphatic rings. The molecule has 4 aromatic carbocycles. The fourth-order valence-electron chi connectivity index (χ4n) is 6.57. The van der Waals surface area contributed by atoms with Crippen molar-refractivity contribution in [2.24, 2.45) is 0 Å². The Morgan fingerprint density at radius 2 is 1.21 bits per heavy atom. The van der Waals surface area contributed by atoms with Crippen molar-refractivity contribution in [3.63, 3.8) is 0 Å². The third-order valence-corrected chi connectivity index (χ3v) is 9.03. The van der Waals surface area contributed by atoms with Crippen LogP contribution in [0.5, 0.6) is 0 Å². The van der Waals surface area contributed by atoms with Crippen LogP contribution in [0.25, 0.3) is 0 Å². The summed E-state index contributed by atoms with van der Waals surface area (Å²) in [4.78, 5) is 2.58. The molecule has 0 N–H and O–H groups in total. The Morgan fingerprint density at radius 3 is 1.62 bits per heavy atom. The lowest BCUT2D eigenvalue weighted by Crippen LogP contribution is -2.56. The lowest BCUT2D eigenvalue weighted by atomic mass is 9.67. The quantitative estimate of drug-likeness (QED) is 0.185. The van der Waals surface area contributed by atoms with Gasteiger partial charge in [0.25, 0.3) is 10.1 Å². The van der Waals surface area contributed by atoms with Crippen LogP contribution in [0.1, 0.15) is 47.6 Å². The number of aryl methyl sites for hydroxylation is 1. The lowest BCUT2D eigenvalue weighted by Gasteiger charge is -2.52. The van der Waals surface area contributed by atoms with Gasteiger partial charge in [0, 0.05) is 18.5 Å². The summed E-state index contributed by atoms with van der Waals surface area (Å²) in [6, 6.07) is 40.6. The maximum absolute atomic E-state index is 12.3. The first-order chi connectivity index (χ1) is 18.8. The minimum Gasteiger partial charge on any atom is -0.286 e. The highest BCUT2D eigenvalue weighted by Gasteiger charge is 2.49. The second-order valence-electron chi connectivity index (χ2n) is 10.8. The van der Waals surface area contributed by atoms with E-state index in [1.54, 1.807) is 0 Å². The summed E-state index contributed by atoms with van der Waals surface area (Å²) >= 11 is 0. The van der Waals surface area contributed by atoms with Crippen molar-refractivity contribution in [3.05, 3.63) is 143 Å². The number of hydrogen-bond acceptors (Lipinski definition) is 4. The molecule has 5 rings (SSSR count). The molecule has 0 amide bonds. The molecule has 1 unspecified atom stereocenters. The molecule has 0 saturated carbocycles. The summed E-state index contributed by atoms with van der Waals surface area (Å²) in [5.41, 5.74) is 5.02. The molecule has 5 heteroatoms. The van der Waals surface area contributed by atoms with Gasteiger partial charge in [-0.2, -0.15) is 8.42 Å². The summed E-state index contributed by atoms with van der Waals surface area (Å²) < 4.78 is 30.2. The highest BCUT2D eigenvalue weighted by atomic mass is 32.2. The van der Waals surface area contributed by atoms with Crippen LogP contribution in [0.3, 0.4) is 0 Å². The van der Waals surface area contributed by atoms with Crippen LogP contribution in [0, 0.1) is 6.92 Å². The van der Waals surface area contributed by atoms with Gasteiger partial charge in [0.1, 0.15) is 0 Å². The Morgan fingerprint density at radius 1 is 0.744 bits per heavy atom. The second kappa shape index (κ2) is 11.1. The van der Waals surface area contributed by atoms with E-state index in [4.69, 9.17) is 4.18 Å². The molecule has 202 valence electrons. The number of nitrogens with zero attached hydrogens (tertiary/aromatic N) is 1. The van der Waals surface area contributed by atoms with Crippen LogP contribution in [0.2, 0.25) is 0 Å². The molecule has 39 heavy (non-hydrogen) atoms. The van der Waals surface area contributed by atoms with Crippen molar-refractivity contribution in [2.75, 3.05) is 19.3 Å². The molecule has 1 fully saturated rings. The Balaban J connectivity index is 1.64. The molecule has 0 radical (unpaired) electrons. The molecular formula is C34H37NO3S. The number of piperidine rings is 1. The highest BCUT2D eigenvalue weighted by Crippen LogP contribution is 2.48. The van der Waals surface area contributed by atoms with Gasteiger partial charge in [-0.15, -0.1) is 0 Å². The van der Waals surface area contributed by atoms with Gasteiger partial charge in [0.2, 0.25) is 0 Å². The Bertz CT molecular complexity index is 1380. The van der Waals surface area contributed by atoms with Gasteiger partial charge < -0.3 is 0 Å². The summed E-state index contributed by atoms with van der Waals surface area (Å²) in [6.07, 6.45) is 2.19. The smallest absolute Gasteiger partial charge is 0.264 e. The zero-order valence-electron chi connectivity index (χ0n) is 23.0. The third-order valence-electron chi connectivity index (χ3n) is 8.39. The van der Waals surface area contributed by atoms with Crippen LogP contribution < -0.4 is 0 Å². The van der Waals surface area contributed by atoms with Gasteiger partial charge in [-0.25, -0.2) is 0 Å². The van der Waals surface area contributed by atoms with Gasteiger partial charge in [-0.3, -0.25) is 9.08 Å². The Kier molecular flexibility index (Phi) is 7.77.